The highest BCUT2D eigenvalue weighted by atomic mass is 32.1. The highest BCUT2D eigenvalue weighted by Gasteiger charge is 2.18. The molecular weight excluding hydrogens is 322 g/mol. The number of carbonyl (C=O) groups is 1. The van der Waals surface area contributed by atoms with E-state index in [1.54, 1.807) is 7.11 Å². The summed E-state index contributed by atoms with van der Waals surface area (Å²) in [5.74, 6) is 0.767. The van der Waals surface area contributed by atoms with Gasteiger partial charge >= 0.3 is 0 Å². The van der Waals surface area contributed by atoms with Gasteiger partial charge in [0.2, 0.25) is 0 Å². The number of nitrogens with one attached hydrogen (secondary N) is 1. The van der Waals surface area contributed by atoms with Crippen molar-refractivity contribution >= 4 is 17.2 Å². The van der Waals surface area contributed by atoms with Gasteiger partial charge in [-0.3, -0.25) is 9.69 Å². The zero-order valence-corrected chi connectivity index (χ0v) is 15.0. The van der Waals surface area contributed by atoms with Gasteiger partial charge in [0.25, 0.3) is 5.91 Å². The molecule has 0 atom stereocenters. The highest BCUT2D eigenvalue weighted by Crippen LogP contribution is 2.21. The van der Waals surface area contributed by atoms with E-state index in [9.17, 15) is 4.79 Å². The van der Waals surface area contributed by atoms with E-state index in [1.165, 1.54) is 24.2 Å². The topological polar surface area (TPSA) is 54.5 Å². The maximum atomic E-state index is 12.4. The molecule has 1 aliphatic rings. The largest absolute Gasteiger partial charge is 0.497 e. The van der Waals surface area contributed by atoms with Crippen molar-refractivity contribution in [2.75, 3.05) is 20.2 Å². The van der Waals surface area contributed by atoms with E-state index >= 15 is 0 Å². The lowest BCUT2D eigenvalue weighted by Gasteiger charge is -2.11. The summed E-state index contributed by atoms with van der Waals surface area (Å²) >= 11 is 1.51. The third kappa shape index (κ3) is 4.13. The van der Waals surface area contributed by atoms with Gasteiger partial charge in [0.1, 0.15) is 15.6 Å². The van der Waals surface area contributed by atoms with Crippen LogP contribution >= 0.6 is 11.3 Å². The summed E-state index contributed by atoms with van der Waals surface area (Å²) in [5, 5.41) is 4.01. The quantitative estimate of drug-likeness (QED) is 0.874. The molecule has 1 saturated heterocycles. The molecule has 3 rings (SSSR count). The molecule has 0 radical (unpaired) electrons. The van der Waals surface area contributed by atoms with Crippen LogP contribution in [0.5, 0.6) is 5.75 Å². The van der Waals surface area contributed by atoms with Gasteiger partial charge in [-0.15, -0.1) is 11.3 Å². The van der Waals surface area contributed by atoms with Crippen molar-refractivity contribution in [3.63, 3.8) is 0 Å². The van der Waals surface area contributed by atoms with E-state index in [1.807, 2.05) is 31.2 Å². The van der Waals surface area contributed by atoms with Crippen molar-refractivity contribution in [2.24, 2.45) is 0 Å². The Morgan fingerprint density at radius 3 is 2.67 bits per heavy atom. The number of ether oxygens (including phenoxy) is 1. The summed E-state index contributed by atoms with van der Waals surface area (Å²) in [5.41, 5.74) is 1.87. The minimum absolute atomic E-state index is 0.0477. The Hall–Kier alpha value is -1.92. The number of aromatic nitrogens is 1. The minimum atomic E-state index is -0.0477. The van der Waals surface area contributed by atoms with Gasteiger partial charge in [-0.2, -0.15) is 0 Å². The number of amides is 1. The number of hydrogen-bond acceptors (Lipinski definition) is 5. The maximum Gasteiger partial charge on any atom is 0.263 e. The Bertz CT molecular complexity index is 691. The second kappa shape index (κ2) is 7.77. The minimum Gasteiger partial charge on any atom is -0.497 e. The van der Waals surface area contributed by atoms with Gasteiger partial charge in [-0.05, 0) is 50.6 Å². The Balaban J connectivity index is 1.58. The van der Waals surface area contributed by atoms with Crippen molar-refractivity contribution in [2.45, 2.75) is 32.9 Å². The average Bonchev–Trinajstić information content (AvgIpc) is 3.23. The van der Waals surface area contributed by atoms with Crippen LogP contribution in [0.25, 0.3) is 0 Å². The van der Waals surface area contributed by atoms with Crippen molar-refractivity contribution in [1.82, 2.24) is 15.2 Å². The van der Waals surface area contributed by atoms with Gasteiger partial charge in [0.05, 0.1) is 19.3 Å². The number of nitrogens with zero attached hydrogens (tertiary/aromatic N) is 2. The van der Waals surface area contributed by atoms with Crippen molar-refractivity contribution in [3.8, 4) is 5.75 Å². The summed E-state index contributed by atoms with van der Waals surface area (Å²) < 4.78 is 5.14. The Morgan fingerprint density at radius 2 is 2.00 bits per heavy atom. The van der Waals surface area contributed by atoms with Crippen LogP contribution in [0.2, 0.25) is 0 Å². The molecule has 1 aromatic heterocycles. The lowest BCUT2D eigenvalue weighted by molar-refractivity contribution is 0.0954. The lowest BCUT2D eigenvalue weighted by atomic mass is 10.2. The predicted molar refractivity (Wildman–Crippen MR) is 95.5 cm³/mol. The van der Waals surface area contributed by atoms with E-state index in [2.05, 4.69) is 15.2 Å². The van der Waals surface area contributed by atoms with Crippen LogP contribution in [0.15, 0.2) is 24.3 Å². The van der Waals surface area contributed by atoms with Gasteiger partial charge in [-0.1, -0.05) is 12.1 Å². The molecule has 6 heteroatoms. The van der Waals surface area contributed by atoms with Crippen LogP contribution in [0.3, 0.4) is 0 Å². The molecule has 0 saturated carbocycles. The fourth-order valence-electron chi connectivity index (χ4n) is 2.87. The maximum absolute atomic E-state index is 12.4. The van der Waals surface area contributed by atoms with Gasteiger partial charge < -0.3 is 10.1 Å². The number of hydrogen-bond donors (Lipinski definition) is 1. The molecule has 24 heavy (non-hydrogen) atoms. The van der Waals surface area contributed by atoms with Crippen LogP contribution in [0, 0.1) is 6.92 Å². The fourth-order valence-corrected chi connectivity index (χ4v) is 3.89. The van der Waals surface area contributed by atoms with Gasteiger partial charge in [0.15, 0.2) is 0 Å². The lowest BCUT2D eigenvalue weighted by Crippen LogP contribution is -2.22. The molecule has 2 heterocycles. The van der Waals surface area contributed by atoms with E-state index < -0.39 is 0 Å². The van der Waals surface area contributed by atoms with Crippen molar-refractivity contribution < 1.29 is 9.53 Å². The molecule has 1 N–H and O–H groups in total. The first kappa shape index (κ1) is 16.9. The molecule has 0 bridgehead atoms. The number of likely N-dealkylation sites (tertiary alicyclic amines) is 1. The number of aryl methyl sites for hydroxylation is 1. The monoisotopic (exact) mass is 345 g/mol. The number of methoxy groups -OCH3 is 1. The second-order valence-electron chi connectivity index (χ2n) is 6.04. The second-order valence-corrected chi connectivity index (χ2v) is 7.12. The van der Waals surface area contributed by atoms with E-state index in [0.717, 1.165) is 46.5 Å². The zero-order valence-electron chi connectivity index (χ0n) is 14.2. The fraction of sp³-hybridized carbons (Fsp3) is 0.444. The molecule has 1 amide bonds. The van der Waals surface area contributed by atoms with E-state index in [4.69, 9.17) is 4.74 Å². The van der Waals surface area contributed by atoms with Crippen LogP contribution in [-0.2, 0) is 13.1 Å². The number of carbonyl (C=O) groups excluding carboxylic acids is 1. The molecule has 0 spiro atoms. The van der Waals surface area contributed by atoms with Gasteiger partial charge in [0, 0.05) is 6.54 Å². The summed E-state index contributed by atoms with van der Waals surface area (Å²) in [4.78, 5) is 20.1. The van der Waals surface area contributed by atoms with Crippen molar-refractivity contribution in [1.29, 1.82) is 0 Å². The molecular formula is C18H23N3O2S. The first-order valence-corrected chi connectivity index (χ1v) is 9.07. The summed E-state index contributed by atoms with van der Waals surface area (Å²) in [7, 11) is 1.64. The van der Waals surface area contributed by atoms with E-state index in [0.29, 0.717) is 6.54 Å². The van der Waals surface area contributed by atoms with Crippen LogP contribution in [0.1, 0.15) is 38.8 Å². The van der Waals surface area contributed by atoms with Crippen LogP contribution < -0.4 is 10.1 Å². The number of rotatable bonds is 6. The predicted octanol–water partition coefficient (Wildman–Crippen LogP) is 2.99. The Morgan fingerprint density at radius 1 is 1.29 bits per heavy atom. The van der Waals surface area contributed by atoms with Crippen LogP contribution in [0.4, 0.5) is 0 Å². The molecule has 2 aromatic rings. The smallest absolute Gasteiger partial charge is 0.263 e. The summed E-state index contributed by atoms with van der Waals surface area (Å²) in [6.07, 6.45) is 2.53. The van der Waals surface area contributed by atoms with Crippen molar-refractivity contribution in [3.05, 3.63) is 45.4 Å². The molecule has 5 nitrogen and oxygen atoms in total. The normalized spacial score (nSPS) is 14.8. The SMILES string of the molecule is COc1ccc(CNC(=O)c2sc(CN3CCCC3)nc2C)cc1. The summed E-state index contributed by atoms with van der Waals surface area (Å²) in [6.45, 7) is 5.54. The first-order chi connectivity index (χ1) is 11.7. The van der Waals surface area contributed by atoms with Crippen LogP contribution in [-0.4, -0.2) is 36.0 Å². The first-order valence-electron chi connectivity index (χ1n) is 8.25. The standard InChI is InChI=1S/C18H23N3O2S/c1-13-17(24-16(20-13)12-21-9-3-4-10-21)18(22)19-11-14-5-7-15(23-2)8-6-14/h5-8H,3-4,9-12H2,1-2H3,(H,19,22). The highest BCUT2D eigenvalue weighted by molar-refractivity contribution is 7.13. The van der Waals surface area contributed by atoms with E-state index in [-0.39, 0.29) is 5.91 Å². The van der Waals surface area contributed by atoms with Gasteiger partial charge in [-0.25, -0.2) is 4.98 Å². The molecule has 1 aromatic carbocycles. The molecule has 0 unspecified atom stereocenters. The molecule has 1 aliphatic heterocycles. The Labute approximate surface area is 146 Å². The summed E-state index contributed by atoms with van der Waals surface area (Å²) in [6, 6.07) is 7.70. The third-order valence-corrected chi connectivity index (χ3v) is 5.36. The Kier molecular flexibility index (Phi) is 5.48. The molecule has 0 aliphatic carbocycles. The number of benzene rings is 1. The third-order valence-electron chi connectivity index (χ3n) is 4.22. The molecule has 1 fully saturated rings. The number of thiazole rings is 1. The average molecular weight is 345 g/mol. The molecule has 128 valence electrons. The zero-order chi connectivity index (χ0) is 16.9.